The van der Waals surface area contributed by atoms with Gasteiger partial charge >= 0.3 is 5.69 Å². The Kier molecular flexibility index (Phi) is 5.77. The van der Waals surface area contributed by atoms with E-state index in [1.165, 1.54) is 20.8 Å². The van der Waals surface area contributed by atoms with Crippen molar-refractivity contribution in [2.75, 3.05) is 12.4 Å². The fourth-order valence-electron chi connectivity index (χ4n) is 3.66. The van der Waals surface area contributed by atoms with Crippen molar-refractivity contribution in [1.82, 2.24) is 19.2 Å². The molecule has 0 saturated heterocycles. The van der Waals surface area contributed by atoms with Crippen LogP contribution in [0.4, 0.5) is 5.69 Å². The van der Waals surface area contributed by atoms with Crippen LogP contribution >= 0.6 is 11.8 Å². The molecule has 8 nitrogen and oxygen atoms in total. The first-order chi connectivity index (χ1) is 16.5. The van der Waals surface area contributed by atoms with Crippen LogP contribution in [0.25, 0.3) is 16.7 Å². The number of methoxy groups -OCH3 is 1. The van der Waals surface area contributed by atoms with Gasteiger partial charge < -0.3 is 10.1 Å². The van der Waals surface area contributed by atoms with Gasteiger partial charge in [-0.1, -0.05) is 48.2 Å². The molecule has 5 aromatic rings. The molecule has 34 heavy (non-hydrogen) atoms. The average molecular weight is 472 g/mol. The standard InChI is InChI=1S/C25H21N5O3S/c1-16-8-3-4-11-19(16)26-22(31)15-29-25(32)30-21-13-6-5-12-20(21)27-24(23(30)28-29)34-18-10-7-9-17(14-18)33-2/h3-14H,15H2,1-2H3,(H,26,31). The number of nitrogens with one attached hydrogen (secondary N) is 1. The van der Waals surface area contributed by atoms with E-state index in [1.54, 1.807) is 7.11 Å². The highest BCUT2D eigenvalue weighted by molar-refractivity contribution is 7.99. The summed E-state index contributed by atoms with van der Waals surface area (Å²) < 4.78 is 8.00. The Morgan fingerprint density at radius 1 is 1.06 bits per heavy atom. The van der Waals surface area contributed by atoms with Gasteiger partial charge in [0.1, 0.15) is 17.3 Å². The third kappa shape index (κ3) is 4.13. The highest BCUT2D eigenvalue weighted by atomic mass is 32.2. The van der Waals surface area contributed by atoms with E-state index in [-0.39, 0.29) is 12.5 Å². The van der Waals surface area contributed by atoms with Gasteiger partial charge in [-0.05, 0) is 48.9 Å². The lowest BCUT2D eigenvalue weighted by Gasteiger charge is -2.07. The number of nitrogens with zero attached hydrogens (tertiary/aromatic N) is 4. The second-order valence-electron chi connectivity index (χ2n) is 7.65. The van der Waals surface area contributed by atoms with Crippen molar-refractivity contribution < 1.29 is 9.53 Å². The first-order valence-corrected chi connectivity index (χ1v) is 11.4. The smallest absolute Gasteiger partial charge is 0.351 e. The van der Waals surface area contributed by atoms with Crippen LogP contribution in [0.1, 0.15) is 5.56 Å². The fourth-order valence-corrected chi connectivity index (χ4v) is 4.57. The molecule has 0 unspecified atom stereocenters. The minimum atomic E-state index is -0.402. The van der Waals surface area contributed by atoms with Gasteiger partial charge in [-0.15, -0.1) is 5.10 Å². The number of benzene rings is 3. The van der Waals surface area contributed by atoms with Crippen LogP contribution in [0.5, 0.6) is 5.75 Å². The molecule has 170 valence electrons. The van der Waals surface area contributed by atoms with Gasteiger partial charge in [0.15, 0.2) is 5.65 Å². The fraction of sp³-hybridized carbons (Fsp3) is 0.120. The average Bonchev–Trinajstić information content (AvgIpc) is 3.17. The quantitative estimate of drug-likeness (QED) is 0.400. The zero-order valence-corrected chi connectivity index (χ0v) is 19.4. The summed E-state index contributed by atoms with van der Waals surface area (Å²) in [6, 6.07) is 22.4. The molecule has 0 bridgehead atoms. The summed E-state index contributed by atoms with van der Waals surface area (Å²) >= 11 is 1.38. The van der Waals surface area contributed by atoms with Crippen LogP contribution in [-0.2, 0) is 11.3 Å². The Morgan fingerprint density at radius 3 is 2.68 bits per heavy atom. The minimum Gasteiger partial charge on any atom is -0.497 e. The first-order valence-electron chi connectivity index (χ1n) is 10.6. The van der Waals surface area contributed by atoms with E-state index in [9.17, 15) is 9.59 Å². The second-order valence-corrected chi connectivity index (χ2v) is 8.71. The summed E-state index contributed by atoms with van der Waals surface area (Å²) in [5.74, 6) is 0.386. The number of ether oxygens (including phenoxy) is 1. The van der Waals surface area contributed by atoms with Crippen molar-refractivity contribution in [3.05, 3.63) is 88.8 Å². The summed E-state index contributed by atoms with van der Waals surface area (Å²) in [4.78, 5) is 31.7. The number of fused-ring (bicyclic) bond motifs is 3. The van der Waals surface area contributed by atoms with Gasteiger partial charge in [0, 0.05) is 10.6 Å². The molecule has 0 saturated carbocycles. The number of carbonyl (C=O) groups is 1. The lowest BCUT2D eigenvalue weighted by molar-refractivity contribution is -0.117. The summed E-state index contributed by atoms with van der Waals surface area (Å²) in [5.41, 5.74) is 2.91. The lowest BCUT2D eigenvalue weighted by Crippen LogP contribution is -2.28. The molecule has 1 N–H and O–H groups in total. The molecule has 0 radical (unpaired) electrons. The number of carbonyl (C=O) groups excluding carboxylic acids is 1. The number of aryl methyl sites for hydroxylation is 1. The maximum atomic E-state index is 13.3. The van der Waals surface area contributed by atoms with E-state index in [1.807, 2.05) is 79.7 Å². The number of rotatable bonds is 6. The van der Waals surface area contributed by atoms with E-state index in [0.29, 0.717) is 27.4 Å². The number of hydrogen-bond donors (Lipinski definition) is 1. The third-order valence-electron chi connectivity index (χ3n) is 5.34. The van der Waals surface area contributed by atoms with E-state index >= 15 is 0 Å². The van der Waals surface area contributed by atoms with Crippen LogP contribution in [0.15, 0.2) is 87.5 Å². The lowest BCUT2D eigenvalue weighted by atomic mass is 10.2. The molecule has 0 aliphatic rings. The maximum absolute atomic E-state index is 13.3. The summed E-state index contributed by atoms with van der Waals surface area (Å²) in [6.45, 7) is 1.69. The highest BCUT2D eigenvalue weighted by Crippen LogP contribution is 2.32. The second kappa shape index (κ2) is 9.03. The zero-order chi connectivity index (χ0) is 23.7. The van der Waals surface area contributed by atoms with Crippen molar-refractivity contribution in [1.29, 1.82) is 0 Å². The van der Waals surface area contributed by atoms with E-state index < -0.39 is 5.69 Å². The number of hydrogen-bond acceptors (Lipinski definition) is 6. The van der Waals surface area contributed by atoms with Crippen molar-refractivity contribution in [3.8, 4) is 5.75 Å². The molecule has 2 aromatic heterocycles. The predicted molar refractivity (Wildman–Crippen MR) is 132 cm³/mol. The van der Waals surface area contributed by atoms with Crippen LogP contribution in [0.3, 0.4) is 0 Å². The highest BCUT2D eigenvalue weighted by Gasteiger charge is 2.18. The molecular formula is C25H21N5O3S. The Balaban J connectivity index is 1.57. The van der Waals surface area contributed by atoms with Gasteiger partial charge in [-0.3, -0.25) is 4.79 Å². The molecule has 0 aliphatic carbocycles. The molecule has 0 atom stereocenters. The number of aromatic nitrogens is 4. The topological polar surface area (TPSA) is 90.5 Å². The Bertz CT molecular complexity index is 1590. The van der Waals surface area contributed by atoms with Crippen LogP contribution < -0.4 is 15.7 Å². The van der Waals surface area contributed by atoms with Crippen molar-refractivity contribution in [3.63, 3.8) is 0 Å². The Labute approximate surface area is 199 Å². The summed E-state index contributed by atoms with van der Waals surface area (Å²) in [7, 11) is 1.61. The van der Waals surface area contributed by atoms with Gasteiger partial charge in [0.2, 0.25) is 5.91 Å². The molecule has 0 fully saturated rings. The summed E-state index contributed by atoms with van der Waals surface area (Å²) in [6.07, 6.45) is 0. The van der Waals surface area contributed by atoms with Gasteiger partial charge in [0.05, 0.1) is 18.1 Å². The molecule has 9 heteroatoms. The normalized spacial score (nSPS) is 11.1. The predicted octanol–water partition coefficient (Wildman–Crippen LogP) is 4.15. The molecule has 5 rings (SSSR count). The van der Waals surface area contributed by atoms with Gasteiger partial charge in [-0.25, -0.2) is 18.9 Å². The van der Waals surface area contributed by atoms with Crippen LogP contribution in [-0.4, -0.2) is 32.2 Å². The number of anilines is 1. The van der Waals surface area contributed by atoms with Crippen molar-refractivity contribution in [2.24, 2.45) is 0 Å². The van der Waals surface area contributed by atoms with Crippen LogP contribution in [0.2, 0.25) is 0 Å². The zero-order valence-electron chi connectivity index (χ0n) is 18.6. The van der Waals surface area contributed by atoms with E-state index in [4.69, 9.17) is 9.72 Å². The largest absolute Gasteiger partial charge is 0.497 e. The Hall–Kier alpha value is -4.11. The van der Waals surface area contributed by atoms with Crippen molar-refractivity contribution in [2.45, 2.75) is 23.4 Å². The molecule has 0 spiro atoms. The van der Waals surface area contributed by atoms with Gasteiger partial charge in [-0.2, -0.15) is 0 Å². The molecule has 2 heterocycles. The molecular weight excluding hydrogens is 450 g/mol. The third-order valence-corrected chi connectivity index (χ3v) is 6.30. The Morgan fingerprint density at radius 2 is 1.85 bits per heavy atom. The van der Waals surface area contributed by atoms with Crippen molar-refractivity contribution >= 4 is 40.0 Å². The summed E-state index contributed by atoms with van der Waals surface area (Å²) in [5, 5.41) is 7.91. The van der Waals surface area contributed by atoms with Gasteiger partial charge in [0.25, 0.3) is 0 Å². The molecule has 3 aromatic carbocycles. The van der Waals surface area contributed by atoms with E-state index in [0.717, 1.165) is 16.2 Å². The number of amides is 1. The monoisotopic (exact) mass is 471 g/mol. The minimum absolute atomic E-state index is 0.216. The number of para-hydroxylation sites is 3. The molecule has 0 aliphatic heterocycles. The first kappa shape index (κ1) is 21.7. The maximum Gasteiger partial charge on any atom is 0.351 e. The van der Waals surface area contributed by atoms with Crippen LogP contribution in [0, 0.1) is 6.92 Å². The SMILES string of the molecule is COc1cccc(Sc2nc3ccccc3n3c(=O)n(CC(=O)Nc4ccccc4C)nc23)c1. The molecule has 1 amide bonds. The van der Waals surface area contributed by atoms with E-state index in [2.05, 4.69) is 10.4 Å².